The number of rotatable bonds is 9. The number of benzene rings is 3. The second kappa shape index (κ2) is 12.6. The van der Waals surface area contributed by atoms with Gasteiger partial charge in [-0.1, -0.05) is 18.2 Å². The van der Waals surface area contributed by atoms with Crippen LogP contribution in [0.25, 0.3) is 6.08 Å². The Kier molecular flexibility index (Phi) is 9.01. The van der Waals surface area contributed by atoms with E-state index < -0.39 is 22.9 Å². The van der Waals surface area contributed by atoms with Crippen molar-refractivity contribution in [2.24, 2.45) is 0 Å². The maximum absolute atomic E-state index is 13.1. The summed E-state index contributed by atoms with van der Waals surface area (Å²) in [6, 6.07) is 17.5. The molecule has 1 aliphatic heterocycles. The van der Waals surface area contributed by atoms with Crippen LogP contribution in [0.2, 0.25) is 0 Å². The van der Waals surface area contributed by atoms with Crippen LogP contribution in [0.5, 0.6) is 11.5 Å². The fraction of sp³-hybridized carbons (Fsp3) is 0.143. The highest BCUT2D eigenvalue weighted by atomic mass is 79.9. The minimum absolute atomic E-state index is 0.00755. The third-order valence-electron chi connectivity index (χ3n) is 5.44. The van der Waals surface area contributed by atoms with Gasteiger partial charge in [0.1, 0.15) is 5.82 Å². The molecule has 0 spiro atoms. The van der Waals surface area contributed by atoms with Crippen molar-refractivity contribution in [2.75, 3.05) is 18.5 Å². The van der Waals surface area contributed by atoms with Crippen LogP contribution in [0.4, 0.5) is 14.9 Å². The molecule has 0 aromatic heterocycles. The Balaban J connectivity index is 1.50. The SMILES string of the molecule is CCOc1cc(/C=C2/SC(=O)N(Cc3ccccc3C#N)C2=O)cc(Br)c1OCC(=O)Nc1ccc(F)cc1. The zero-order chi connectivity index (χ0) is 27.9. The summed E-state index contributed by atoms with van der Waals surface area (Å²) in [6.45, 7) is 1.75. The summed E-state index contributed by atoms with van der Waals surface area (Å²) in [5, 5.41) is 11.5. The van der Waals surface area contributed by atoms with Crippen molar-refractivity contribution >= 4 is 56.5 Å². The molecule has 1 saturated heterocycles. The van der Waals surface area contributed by atoms with Crippen LogP contribution in [0.15, 0.2) is 70.0 Å². The first-order chi connectivity index (χ1) is 18.8. The fourth-order valence-corrected chi connectivity index (χ4v) is 5.08. The van der Waals surface area contributed by atoms with Crippen molar-refractivity contribution in [2.45, 2.75) is 13.5 Å². The average molecular weight is 610 g/mol. The van der Waals surface area contributed by atoms with E-state index in [-0.39, 0.29) is 23.8 Å². The first-order valence-corrected chi connectivity index (χ1v) is 13.3. The average Bonchev–Trinajstić information content (AvgIpc) is 3.17. The molecule has 1 fully saturated rings. The summed E-state index contributed by atoms with van der Waals surface area (Å²) >= 11 is 4.24. The number of carbonyl (C=O) groups excluding carboxylic acids is 3. The van der Waals surface area contributed by atoms with Crippen molar-refractivity contribution < 1.29 is 28.2 Å². The van der Waals surface area contributed by atoms with Gasteiger partial charge in [-0.25, -0.2) is 4.39 Å². The van der Waals surface area contributed by atoms with Gasteiger partial charge in [-0.05, 0) is 94.3 Å². The standard InChI is InChI=1S/C28H21BrFN3O5S/c1-2-37-23-12-17(11-22(29)26(23)38-16-25(34)32-21-9-7-20(30)8-10-21)13-24-27(35)33(28(36)39-24)15-19-6-4-3-5-18(19)14-31/h3-13H,2,15-16H2,1H3,(H,32,34)/b24-13+. The topological polar surface area (TPSA) is 109 Å². The lowest BCUT2D eigenvalue weighted by molar-refractivity contribution is -0.123. The molecule has 0 radical (unpaired) electrons. The molecule has 198 valence electrons. The molecular weight excluding hydrogens is 589 g/mol. The summed E-state index contributed by atoms with van der Waals surface area (Å²) in [5.74, 6) is -0.723. The predicted octanol–water partition coefficient (Wildman–Crippen LogP) is 6.11. The summed E-state index contributed by atoms with van der Waals surface area (Å²) in [4.78, 5) is 39.3. The number of hydrogen-bond acceptors (Lipinski definition) is 7. The van der Waals surface area contributed by atoms with E-state index in [1.807, 2.05) is 0 Å². The Morgan fingerprint density at radius 1 is 1.15 bits per heavy atom. The van der Waals surface area contributed by atoms with Crippen LogP contribution in [0.3, 0.4) is 0 Å². The monoisotopic (exact) mass is 609 g/mol. The zero-order valence-electron chi connectivity index (χ0n) is 20.6. The maximum atomic E-state index is 13.1. The minimum Gasteiger partial charge on any atom is -0.490 e. The van der Waals surface area contributed by atoms with E-state index >= 15 is 0 Å². The van der Waals surface area contributed by atoms with Crippen molar-refractivity contribution in [1.82, 2.24) is 4.90 Å². The Morgan fingerprint density at radius 3 is 2.62 bits per heavy atom. The van der Waals surface area contributed by atoms with E-state index in [2.05, 4.69) is 27.3 Å². The molecule has 39 heavy (non-hydrogen) atoms. The van der Waals surface area contributed by atoms with E-state index in [4.69, 9.17) is 9.47 Å². The number of thioether (sulfide) groups is 1. The molecule has 3 aromatic rings. The fourth-order valence-electron chi connectivity index (χ4n) is 3.67. The van der Waals surface area contributed by atoms with E-state index in [0.29, 0.717) is 39.2 Å². The lowest BCUT2D eigenvalue weighted by Crippen LogP contribution is -2.27. The number of amides is 3. The van der Waals surface area contributed by atoms with Crippen LogP contribution in [-0.4, -0.2) is 35.2 Å². The molecule has 3 amide bonds. The zero-order valence-corrected chi connectivity index (χ0v) is 23.0. The van der Waals surface area contributed by atoms with Crippen LogP contribution >= 0.6 is 27.7 Å². The molecule has 0 saturated carbocycles. The van der Waals surface area contributed by atoms with Crippen LogP contribution in [0, 0.1) is 17.1 Å². The van der Waals surface area contributed by atoms with Crippen molar-refractivity contribution in [3.8, 4) is 17.6 Å². The molecule has 0 unspecified atom stereocenters. The molecule has 1 heterocycles. The molecule has 3 aromatic carbocycles. The third kappa shape index (κ3) is 6.85. The number of hydrogen-bond donors (Lipinski definition) is 1. The van der Waals surface area contributed by atoms with E-state index in [1.165, 1.54) is 24.3 Å². The van der Waals surface area contributed by atoms with E-state index in [1.54, 1.807) is 49.4 Å². The second-order valence-electron chi connectivity index (χ2n) is 8.14. The highest BCUT2D eigenvalue weighted by Gasteiger charge is 2.35. The number of nitrogens with zero attached hydrogens (tertiary/aromatic N) is 2. The Labute approximate surface area is 236 Å². The minimum atomic E-state index is -0.468. The molecule has 1 N–H and O–H groups in total. The second-order valence-corrected chi connectivity index (χ2v) is 9.99. The Morgan fingerprint density at radius 2 is 1.90 bits per heavy atom. The Hall–Kier alpha value is -4.14. The number of ether oxygens (including phenoxy) is 2. The van der Waals surface area contributed by atoms with Crippen molar-refractivity contribution in [3.63, 3.8) is 0 Å². The van der Waals surface area contributed by atoms with Gasteiger partial charge in [-0.15, -0.1) is 0 Å². The summed E-state index contributed by atoms with van der Waals surface area (Å²) < 4.78 is 25.0. The molecule has 0 aliphatic carbocycles. The highest BCUT2D eigenvalue weighted by molar-refractivity contribution is 9.10. The van der Waals surface area contributed by atoms with Crippen molar-refractivity contribution in [1.29, 1.82) is 5.26 Å². The first kappa shape index (κ1) is 27.9. The van der Waals surface area contributed by atoms with Gasteiger partial charge in [0.15, 0.2) is 18.1 Å². The molecular formula is C28H21BrFN3O5S. The maximum Gasteiger partial charge on any atom is 0.293 e. The summed E-state index contributed by atoms with van der Waals surface area (Å²) in [5.41, 5.74) is 1.97. The van der Waals surface area contributed by atoms with Gasteiger partial charge in [0.05, 0.1) is 34.2 Å². The third-order valence-corrected chi connectivity index (χ3v) is 6.94. The summed E-state index contributed by atoms with van der Waals surface area (Å²) in [7, 11) is 0. The van der Waals surface area contributed by atoms with Crippen molar-refractivity contribution in [3.05, 3.63) is 92.5 Å². The number of anilines is 1. The molecule has 0 atom stereocenters. The Bertz CT molecular complexity index is 1500. The van der Waals surface area contributed by atoms with E-state index in [9.17, 15) is 24.0 Å². The van der Waals surface area contributed by atoms with Gasteiger partial charge in [-0.3, -0.25) is 19.3 Å². The number of carbonyl (C=O) groups is 3. The van der Waals surface area contributed by atoms with Crippen LogP contribution in [-0.2, 0) is 16.1 Å². The van der Waals surface area contributed by atoms with Gasteiger partial charge in [0.25, 0.3) is 17.1 Å². The van der Waals surface area contributed by atoms with Gasteiger partial charge >= 0.3 is 0 Å². The number of halogens is 2. The molecule has 4 rings (SSSR count). The quantitative estimate of drug-likeness (QED) is 0.291. The highest BCUT2D eigenvalue weighted by Crippen LogP contribution is 2.39. The molecule has 8 nitrogen and oxygen atoms in total. The normalized spacial score (nSPS) is 13.9. The van der Waals surface area contributed by atoms with Gasteiger partial charge in [0.2, 0.25) is 0 Å². The smallest absolute Gasteiger partial charge is 0.293 e. The first-order valence-electron chi connectivity index (χ1n) is 11.7. The van der Waals surface area contributed by atoms with E-state index in [0.717, 1.165) is 16.7 Å². The van der Waals surface area contributed by atoms with Gasteiger partial charge in [0, 0.05) is 5.69 Å². The van der Waals surface area contributed by atoms with Gasteiger partial charge in [-0.2, -0.15) is 5.26 Å². The number of imide groups is 1. The molecule has 1 aliphatic rings. The lowest BCUT2D eigenvalue weighted by atomic mass is 10.1. The predicted molar refractivity (Wildman–Crippen MR) is 149 cm³/mol. The van der Waals surface area contributed by atoms with Gasteiger partial charge < -0.3 is 14.8 Å². The van der Waals surface area contributed by atoms with Crippen LogP contribution < -0.4 is 14.8 Å². The van der Waals surface area contributed by atoms with Crippen LogP contribution in [0.1, 0.15) is 23.6 Å². The molecule has 0 bridgehead atoms. The molecule has 11 heteroatoms. The number of nitriles is 1. The summed E-state index contributed by atoms with van der Waals surface area (Å²) in [6.07, 6.45) is 1.57. The lowest BCUT2D eigenvalue weighted by Gasteiger charge is -2.15. The number of nitrogens with one attached hydrogen (secondary N) is 1. The largest absolute Gasteiger partial charge is 0.490 e.